The molecule has 9 heteroatoms. The van der Waals surface area contributed by atoms with Gasteiger partial charge in [0.2, 0.25) is 5.09 Å². The van der Waals surface area contributed by atoms with Crippen molar-refractivity contribution in [1.29, 1.82) is 0 Å². The van der Waals surface area contributed by atoms with E-state index in [1.54, 1.807) is 13.1 Å². The first-order valence-electron chi connectivity index (χ1n) is 5.65. The molecule has 0 amide bonds. The second-order valence-electron chi connectivity index (χ2n) is 4.13. The molecule has 0 aliphatic rings. The van der Waals surface area contributed by atoms with E-state index in [1.807, 2.05) is 0 Å². The summed E-state index contributed by atoms with van der Waals surface area (Å²) in [6.45, 7) is 0.487. The minimum absolute atomic E-state index is 0.0530. The molecular formula is C10H18N2O5S2. The quantitative estimate of drug-likeness (QED) is 0.639. The summed E-state index contributed by atoms with van der Waals surface area (Å²) in [7, 11) is -5.07. The van der Waals surface area contributed by atoms with E-state index in [0.29, 0.717) is 12.3 Å². The molecule has 1 aromatic rings. The van der Waals surface area contributed by atoms with E-state index in [4.69, 9.17) is 4.42 Å². The minimum Gasteiger partial charge on any atom is -0.447 e. The van der Waals surface area contributed by atoms with Crippen LogP contribution >= 0.6 is 0 Å². The Kier molecular flexibility index (Phi) is 5.53. The fourth-order valence-corrected chi connectivity index (χ4v) is 3.07. The molecule has 0 radical (unpaired) electrons. The van der Waals surface area contributed by atoms with Crippen molar-refractivity contribution in [3.05, 3.63) is 17.9 Å². The fraction of sp³-hybridized carbons (Fsp3) is 0.600. The van der Waals surface area contributed by atoms with Gasteiger partial charge in [0.05, 0.1) is 12.3 Å². The summed E-state index contributed by atoms with van der Waals surface area (Å²) in [6, 6.07) is 2.94. The van der Waals surface area contributed by atoms with E-state index in [9.17, 15) is 16.8 Å². The molecule has 110 valence electrons. The van der Waals surface area contributed by atoms with Crippen LogP contribution in [0.1, 0.15) is 12.2 Å². The van der Waals surface area contributed by atoms with Crippen molar-refractivity contribution in [2.45, 2.75) is 18.1 Å². The molecule has 7 nitrogen and oxygen atoms in total. The maximum Gasteiger partial charge on any atom is 0.273 e. The van der Waals surface area contributed by atoms with Gasteiger partial charge in [-0.05, 0) is 25.6 Å². The number of furan rings is 1. The summed E-state index contributed by atoms with van der Waals surface area (Å²) in [5.74, 6) is 0.456. The van der Waals surface area contributed by atoms with Gasteiger partial charge < -0.3 is 9.73 Å². The van der Waals surface area contributed by atoms with E-state index in [2.05, 4.69) is 10.0 Å². The molecule has 1 heterocycles. The van der Waals surface area contributed by atoms with E-state index in [1.165, 1.54) is 6.07 Å². The Morgan fingerprint density at radius 1 is 1.21 bits per heavy atom. The average molecular weight is 310 g/mol. The van der Waals surface area contributed by atoms with E-state index in [0.717, 1.165) is 6.26 Å². The second kappa shape index (κ2) is 6.51. The number of sulfonamides is 1. The monoisotopic (exact) mass is 310 g/mol. The summed E-state index contributed by atoms with van der Waals surface area (Å²) in [5, 5.41) is 2.67. The van der Waals surface area contributed by atoms with Crippen molar-refractivity contribution in [1.82, 2.24) is 10.0 Å². The number of nitrogens with one attached hydrogen (secondary N) is 2. The zero-order valence-electron chi connectivity index (χ0n) is 10.8. The van der Waals surface area contributed by atoms with Crippen molar-refractivity contribution in [3.8, 4) is 0 Å². The van der Waals surface area contributed by atoms with Crippen LogP contribution in [-0.2, 0) is 26.4 Å². The highest BCUT2D eigenvalue weighted by Crippen LogP contribution is 2.13. The molecule has 0 aromatic carbocycles. The summed E-state index contributed by atoms with van der Waals surface area (Å²) in [4.78, 5) is 0. The lowest BCUT2D eigenvalue weighted by Crippen LogP contribution is -2.25. The molecule has 2 N–H and O–H groups in total. The molecule has 0 bridgehead atoms. The number of hydrogen-bond donors (Lipinski definition) is 2. The molecule has 0 fully saturated rings. The Balaban J connectivity index is 2.55. The third-order valence-electron chi connectivity index (χ3n) is 2.24. The van der Waals surface area contributed by atoms with Crippen LogP contribution in [0, 0.1) is 0 Å². The topological polar surface area (TPSA) is 105 Å². The molecule has 1 aromatic heterocycles. The van der Waals surface area contributed by atoms with Gasteiger partial charge in [-0.3, -0.25) is 0 Å². The molecule has 0 spiro atoms. The van der Waals surface area contributed by atoms with Crippen LogP contribution in [0.25, 0.3) is 0 Å². The number of rotatable bonds is 8. The predicted octanol–water partition coefficient (Wildman–Crippen LogP) is -0.288. The standard InChI is InChI=1S/C10H18N2O5S2/c1-11-8-9-4-5-10(17-9)19(15,16)12-6-3-7-18(2,13)14/h4-5,11-12H,3,6-8H2,1-2H3. The lowest BCUT2D eigenvalue weighted by Gasteiger charge is -2.03. The van der Waals surface area contributed by atoms with Gasteiger partial charge >= 0.3 is 0 Å². The molecule has 19 heavy (non-hydrogen) atoms. The van der Waals surface area contributed by atoms with Gasteiger partial charge in [0.15, 0.2) is 0 Å². The van der Waals surface area contributed by atoms with Crippen molar-refractivity contribution in [2.24, 2.45) is 0 Å². The van der Waals surface area contributed by atoms with Gasteiger partial charge in [0, 0.05) is 12.8 Å². The molecule has 0 saturated heterocycles. The van der Waals surface area contributed by atoms with Gasteiger partial charge in [-0.2, -0.15) is 0 Å². The van der Waals surface area contributed by atoms with Crippen LogP contribution in [0.5, 0.6) is 0 Å². The normalized spacial score (nSPS) is 12.7. The third kappa shape index (κ3) is 5.72. The largest absolute Gasteiger partial charge is 0.447 e. The van der Waals surface area contributed by atoms with Crippen molar-refractivity contribution < 1.29 is 21.3 Å². The third-order valence-corrected chi connectivity index (χ3v) is 4.60. The molecule has 1 rings (SSSR count). The number of sulfone groups is 1. The number of hydrogen-bond acceptors (Lipinski definition) is 6. The van der Waals surface area contributed by atoms with Gasteiger partial charge in [-0.15, -0.1) is 0 Å². The molecule has 0 atom stereocenters. The van der Waals surface area contributed by atoms with Crippen molar-refractivity contribution in [2.75, 3.05) is 25.6 Å². The Morgan fingerprint density at radius 3 is 2.47 bits per heavy atom. The lowest BCUT2D eigenvalue weighted by atomic mass is 10.4. The first-order valence-corrected chi connectivity index (χ1v) is 9.20. The molecule has 0 aliphatic carbocycles. The predicted molar refractivity (Wildman–Crippen MR) is 71.0 cm³/mol. The highest BCUT2D eigenvalue weighted by molar-refractivity contribution is 7.90. The first-order chi connectivity index (χ1) is 8.74. The summed E-state index contributed by atoms with van der Waals surface area (Å²) >= 11 is 0. The summed E-state index contributed by atoms with van der Waals surface area (Å²) in [5.41, 5.74) is 0. The van der Waals surface area contributed by atoms with Crippen molar-refractivity contribution >= 4 is 19.9 Å². The fourth-order valence-electron chi connectivity index (χ4n) is 1.38. The smallest absolute Gasteiger partial charge is 0.273 e. The SMILES string of the molecule is CNCc1ccc(S(=O)(=O)NCCCS(C)(=O)=O)o1. The molecule has 0 unspecified atom stereocenters. The Morgan fingerprint density at radius 2 is 1.89 bits per heavy atom. The van der Waals surface area contributed by atoms with E-state index in [-0.39, 0.29) is 23.8 Å². The highest BCUT2D eigenvalue weighted by atomic mass is 32.2. The van der Waals surface area contributed by atoms with Gasteiger partial charge in [0.1, 0.15) is 15.6 Å². The Bertz CT molecular complexity index is 604. The van der Waals surface area contributed by atoms with Gasteiger partial charge in [-0.1, -0.05) is 0 Å². The van der Waals surface area contributed by atoms with Crippen LogP contribution in [0.4, 0.5) is 0 Å². The van der Waals surface area contributed by atoms with Crippen molar-refractivity contribution in [3.63, 3.8) is 0 Å². The minimum atomic E-state index is -3.71. The van der Waals surface area contributed by atoms with Crippen LogP contribution in [0.2, 0.25) is 0 Å². The van der Waals surface area contributed by atoms with E-state index < -0.39 is 19.9 Å². The summed E-state index contributed by atoms with van der Waals surface area (Å²) < 4.78 is 52.8. The zero-order chi connectivity index (χ0) is 14.5. The molecular weight excluding hydrogens is 292 g/mol. The summed E-state index contributed by atoms with van der Waals surface area (Å²) in [6.07, 6.45) is 1.33. The van der Waals surface area contributed by atoms with Crippen LogP contribution in [0.3, 0.4) is 0 Å². The Labute approximate surface area is 113 Å². The maximum absolute atomic E-state index is 11.8. The highest BCUT2D eigenvalue weighted by Gasteiger charge is 2.18. The molecule has 0 saturated carbocycles. The average Bonchev–Trinajstić information content (AvgIpc) is 2.73. The maximum atomic E-state index is 11.8. The first kappa shape index (κ1) is 16.2. The lowest BCUT2D eigenvalue weighted by molar-refractivity contribution is 0.404. The zero-order valence-corrected chi connectivity index (χ0v) is 12.5. The van der Waals surface area contributed by atoms with Crippen LogP contribution in [-0.4, -0.2) is 42.4 Å². The molecule has 0 aliphatic heterocycles. The van der Waals surface area contributed by atoms with Crippen LogP contribution in [0.15, 0.2) is 21.6 Å². The Hall–Kier alpha value is -0.900. The van der Waals surface area contributed by atoms with Gasteiger partial charge in [0.25, 0.3) is 10.0 Å². The van der Waals surface area contributed by atoms with Crippen LogP contribution < -0.4 is 10.0 Å². The second-order valence-corrected chi connectivity index (χ2v) is 8.09. The van der Waals surface area contributed by atoms with Gasteiger partial charge in [-0.25, -0.2) is 21.6 Å². The van der Waals surface area contributed by atoms with E-state index >= 15 is 0 Å².